The molecule has 0 radical (unpaired) electrons. The second-order valence-electron chi connectivity index (χ2n) is 5.61. The fourth-order valence-corrected chi connectivity index (χ4v) is 2.91. The molecule has 1 fully saturated rings. The van der Waals surface area contributed by atoms with Crippen LogP contribution in [-0.2, 0) is 24.5 Å². The largest absolute Gasteiger partial charge is 0.435 e. The first-order chi connectivity index (χ1) is 10.9. The summed E-state index contributed by atoms with van der Waals surface area (Å²) in [6.07, 6.45) is -2.86. The molecule has 2 aromatic rings. The zero-order valence-electron chi connectivity index (χ0n) is 12.7. The van der Waals surface area contributed by atoms with Gasteiger partial charge in [-0.2, -0.15) is 33.7 Å². The number of aromatic amines is 1. The molecule has 126 valence electrons. The molecule has 0 bridgehead atoms. The van der Waals surface area contributed by atoms with E-state index in [4.69, 9.17) is 4.74 Å². The van der Waals surface area contributed by atoms with Crippen LogP contribution in [0.5, 0.6) is 0 Å². The summed E-state index contributed by atoms with van der Waals surface area (Å²) in [5.41, 5.74) is 0.429. The molecule has 0 amide bonds. The maximum Gasteiger partial charge on any atom is 0.435 e. The van der Waals surface area contributed by atoms with Gasteiger partial charge in [-0.25, -0.2) is 0 Å². The number of halogens is 3. The van der Waals surface area contributed by atoms with Gasteiger partial charge in [-0.15, -0.1) is 0 Å². The SMILES string of the molecule is CO[C@@H]1CN(Cc2cc(C(F)(F)F)nn2C)C[C@H]1c1cn[nH]n1. The zero-order chi connectivity index (χ0) is 16.6. The summed E-state index contributed by atoms with van der Waals surface area (Å²) >= 11 is 0. The highest BCUT2D eigenvalue weighted by Gasteiger charge is 2.37. The number of methoxy groups -OCH3 is 1. The van der Waals surface area contributed by atoms with E-state index in [9.17, 15) is 13.2 Å². The van der Waals surface area contributed by atoms with Gasteiger partial charge in [-0.05, 0) is 6.07 Å². The van der Waals surface area contributed by atoms with E-state index in [-0.39, 0.29) is 12.0 Å². The summed E-state index contributed by atoms with van der Waals surface area (Å²) in [6.45, 7) is 1.62. The molecule has 1 N–H and O–H groups in total. The molecule has 0 aromatic carbocycles. The van der Waals surface area contributed by atoms with E-state index in [1.807, 2.05) is 4.90 Å². The average Bonchev–Trinajstić information content (AvgIpc) is 3.18. The predicted molar refractivity (Wildman–Crippen MR) is 73.4 cm³/mol. The van der Waals surface area contributed by atoms with Crippen LogP contribution in [-0.4, -0.2) is 56.4 Å². The number of ether oxygens (including phenoxy) is 1. The minimum Gasteiger partial charge on any atom is -0.379 e. The van der Waals surface area contributed by atoms with Crippen molar-refractivity contribution in [3.05, 3.63) is 29.3 Å². The van der Waals surface area contributed by atoms with Crippen LogP contribution in [0.25, 0.3) is 0 Å². The standard InChI is InChI=1S/C13H17F3N6O/c1-21-8(3-12(19-21)13(14,15)16)5-22-6-9(11(7-22)23-2)10-4-17-20-18-10/h3-4,9,11H,5-7H2,1-2H3,(H,17,18,20)/t9-,11+/m0/s1. The highest BCUT2D eigenvalue weighted by Crippen LogP contribution is 2.31. The number of hydrogen-bond acceptors (Lipinski definition) is 5. The Morgan fingerprint density at radius 1 is 1.39 bits per heavy atom. The van der Waals surface area contributed by atoms with Crippen molar-refractivity contribution in [1.82, 2.24) is 30.1 Å². The fourth-order valence-electron chi connectivity index (χ4n) is 2.91. The summed E-state index contributed by atoms with van der Waals surface area (Å²) in [6, 6.07) is 1.09. The fraction of sp³-hybridized carbons (Fsp3) is 0.615. The van der Waals surface area contributed by atoms with Gasteiger partial charge in [0.05, 0.1) is 23.7 Å². The Labute approximate surface area is 130 Å². The Morgan fingerprint density at radius 3 is 2.74 bits per heavy atom. The van der Waals surface area contributed by atoms with E-state index in [1.54, 1.807) is 13.3 Å². The lowest BCUT2D eigenvalue weighted by atomic mass is 10.0. The van der Waals surface area contributed by atoms with E-state index >= 15 is 0 Å². The first-order valence-corrected chi connectivity index (χ1v) is 7.09. The molecule has 7 nitrogen and oxygen atoms in total. The Bertz CT molecular complexity index is 653. The summed E-state index contributed by atoms with van der Waals surface area (Å²) < 4.78 is 44.9. The first kappa shape index (κ1) is 15.9. The highest BCUT2D eigenvalue weighted by molar-refractivity contribution is 5.15. The maximum absolute atomic E-state index is 12.7. The van der Waals surface area contributed by atoms with Crippen molar-refractivity contribution in [2.75, 3.05) is 20.2 Å². The number of hydrogen-bond donors (Lipinski definition) is 1. The molecule has 3 rings (SSSR count). The highest BCUT2D eigenvalue weighted by atomic mass is 19.4. The maximum atomic E-state index is 12.7. The summed E-state index contributed by atoms with van der Waals surface area (Å²) in [7, 11) is 3.14. The van der Waals surface area contributed by atoms with E-state index in [2.05, 4.69) is 20.5 Å². The van der Waals surface area contributed by atoms with E-state index < -0.39 is 11.9 Å². The zero-order valence-corrected chi connectivity index (χ0v) is 12.7. The summed E-state index contributed by atoms with van der Waals surface area (Å²) in [5, 5.41) is 14.0. The predicted octanol–water partition coefficient (Wildman–Crippen LogP) is 1.17. The number of aryl methyl sites for hydroxylation is 1. The van der Waals surface area contributed by atoms with Gasteiger partial charge >= 0.3 is 6.18 Å². The van der Waals surface area contributed by atoms with Gasteiger partial charge in [0.15, 0.2) is 5.69 Å². The Kier molecular flexibility index (Phi) is 4.11. The Balaban J connectivity index is 1.73. The van der Waals surface area contributed by atoms with Crippen molar-refractivity contribution in [1.29, 1.82) is 0 Å². The third kappa shape index (κ3) is 3.22. The van der Waals surface area contributed by atoms with Gasteiger partial charge in [0.2, 0.25) is 0 Å². The van der Waals surface area contributed by atoms with Gasteiger partial charge < -0.3 is 4.74 Å². The molecule has 1 aliphatic heterocycles. The van der Waals surface area contributed by atoms with Crippen LogP contribution in [0.4, 0.5) is 13.2 Å². The lowest BCUT2D eigenvalue weighted by Gasteiger charge is -2.15. The van der Waals surface area contributed by atoms with Crippen molar-refractivity contribution in [3.63, 3.8) is 0 Å². The van der Waals surface area contributed by atoms with Crippen LogP contribution in [0.15, 0.2) is 12.3 Å². The minimum atomic E-state index is -4.43. The van der Waals surface area contributed by atoms with Gasteiger partial charge in [0.1, 0.15) is 0 Å². The van der Waals surface area contributed by atoms with Crippen LogP contribution >= 0.6 is 0 Å². The lowest BCUT2D eigenvalue weighted by molar-refractivity contribution is -0.141. The van der Waals surface area contributed by atoms with Crippen molar-refractivity contribution >= 4 is 0 Å². The molecule has 2 atom stereocenters. The van der Waals surface area contributed by atoms with Crippen LogP contribution in [0.3, 0.4) is 0 Å². The smallest absolute Gasteiger partial charge is 0.379 e. The second-order valence-corrected chi connectivity index (χ2v) is 5.61. The van der Waals surface area contributed by atoms with Crippen LogP contribution in [0.1, 0.15) is 23.0 Å². The number of aromatic nitrogens is 5. The third-order valence-electron chi connectivity index (χ3n) is 4.11. The number of nitrogens with zero attached hydrogens (tertiary/aromatic N) is 5. The van der Waals surface area contributed by atoms with E-state index in [0.29, 0.717) is 25.3 Å². The van der Waals surface area contributed by atoms with Crippen molar-refractivity contribution in [2.24, 2.45) is 7.05 Å². The van der Waals surface area contributed by atoms with Crippen molar-refractivity contribution in [3.8, 4) is 0 Å². The normalized spacial score (nSPS) is 22.8. The Morgan fingerprint density at radius 2 is 2.17 bits per heavy atom. The molecule has 1 saturated heterocycles. The number of H-pyrrole nitrogens is 1. The number of alkyl halides is 3. The molecule has 0 spiro atoms. The van der Waals surface area contributed by atoms with Gasteiger partial charge in [0.25, 0.3) is 0 Å². The quantitative estimate of drug-likeness (QED) is 0.911. The topological polar surface area (TPSA) is 71.9 Å². The summed E-state index contributed by atoms with van der Waals surface area (Å²) in [5.74, 6) is 0.0362. The molecule has 0 aliphatic carbocycles. The molecule has 23 heavy (non-hydrogen) atoms. The number of nitrogens with one attached hydrogen (secondary N) is 1. The van der Waals surface area contributed by atoms with Crippen LogP contribution < -0.4 is 0 Å². The monoisotopic (exact) mass is 330 g/mol. The lowest BCUT2D eigenvalue weighted by Crippen LogP contribution is -2.23. The molecular formula is C13H17F3N6O. The van der Waals surface area contributed by atoms with E-state index in [0.717, 1.165) is 11.8 Å². The molecule has 3 heterocycles. The van der Waals surface area contributed by atoms with Crippen LogP contribution in [0.2, 0.25) is 0 Å². The molecule has 2 aromatic heterocycles. The molecule has 0 saturated carbocycles. The molecular weight excluding hydrogens is 313 g/mol. The van der Waals surface area contributed by atoms with Crippen molar-refractivity contribution in [2.45, 2.75) is 24.7 Å². The summed E-state index contributed by atoms with van der Waals surface area (Å²) in [4.78, 5) is 2.03. The Hall–Kier alpha value is -1.94. The van der Waals surface area contributed by atoms with Gasteiger partial charge in [-0.3, -0.25) is 9.58 Å². The van der Waals surface area contributed by atoms with Crippen molar-refractivity contribution < 1.29 is 17.9 Å². The molecule has 1 aliphatic rings. The first-order valence-electron chi connectivity index (χ1n) is 7.09. The molecule has 10 heteroatoms. The second kappa shape index (κ2) is 5.93. The average molecular weight is 330 g/mol. The van der Waals surface area contributed by atoms with Gasteiger partial charge in [0, 0.05) is 39.7 Å². The number of rotatable bonds is 4. The van der Waals surface area contributed by atoms with E-state index in [1.165, 1.54) is 11.7 Å². The van der Waals surface area contributed by atoms with Gasteiger partial charge in [-0.1, -0.05) is 0 Å². The molecule has 0 unspecified atom stereocenters. The number of likely N-dealkylation sites (tertiary alicyclic amines) is 1. The van der Waals surface area contributed by atoms with Crippen LogP contribution in [0, 0.1) is 0 Å². The third-order valence-corrected chi connectivity index (χ3v) is 4.11. The minimum absolute atomic E-state index is 0.0362.